The molecule has 3 rings (SSSR count). The van der Waals surface area contributed by atoms with Crippen molar-refractivity contribution in [3.05, 3.63) is 71.0 Å². The molecule has 5 nitrogen and oxygen atoms in total. The van der Waals surface area contributed by atoms with E-state index in [2.05, 4.69) is 26.2 Å². The highest BCUT2D eigenvalue weighted by Gasteiger charge is 2.11. The fourth-order valence-electron chi connectivity index (χ4n) is 2.52. The summed E-state index contributed by atoms with van der Waals surface area (Å²) in [7, 11) is 3.25. The number of pyridine rings is 1. The van der Waals surface area contributed by atoms with Crippen LogP contribution in [0.3, 0.4) is 0 Å². The molecule has 0 bridgehead atoms. The van der Waals surface area contributed by atoms with E-state index in [1.807, 2.05) is 36.4 Å². The third-order valence-electron chi connectivity index (χ3n) is 3.83. The molecule has 0 fully saturated rings. The number of amides is 1. The Kier molecular flexibility index (Phi) is 5.53. The molecule has 132 valence electrons. The molecule has 1 heterocycles. The number of benzene rings is 2. The topological polar surface area (TPSA) is 60.5 Å². The highest BCUT2D eigenvalue weighted by molar-refractivity contribution is 9.10. The van der Waals surface area contributed by atoms with E-state index in [0.29, 0.717) is 11.3 Å². The molecule has 0 radical (unpaired) electrons. The maximum Gasteiger partial charge on any atom is 0.257 e. The minimum atomic E-state index is -0.232. The zero-order valence-corrected chi connectivity index (χ0v) is 15.9. The predicted octanol–water partition coefficient (Wildman–Crippen LogP) is 4.78. The van der Waals surface area contributed by atoms with Crippen LogP contribution in [0.15, 0.2) is 65.4 Å². The first-order chi connectivity index (χ1) is 12.6. The molecule has 1 N–H and O–H groups in total. The number of anilines is 1. The molecule has 2 aromatic carbocycles. The quantitative estimate of drug-likeness (QED) is 0.654. The van der Waals surface area contributed by atoms with Crippen LogP contribution in [-0.2, 0) is 0 Å². The number of hydrogen-bond acceptors (Lipinski definition) is 4. The van der Waals surface area contributed by atoms with E-state index >= 15 is 0 Å². The normalized spacial score (nSPS) is 10.3. The SMILES string of the molecule is COc1ccc(-c2cc(NC(=O)c3cncc(Br)c3)ccc2OC)cc1. The Balaban J connectivity index is 1.90. The summed E-state index contributed by atoms with van der Waals surface area (Å²) in [5, 5.41) is 2.89. The van der Waals surface area contributed by atoms with Crippen molar-refractivity contribution in [2.75, 3.05) is 19.5 Å². The average Bonchev–Trinajstić information content (AvgIpc) is 2.68. The lowest BCUT2D eigenvalue weighted by Crippen LogP contribution is -2.12. The molecule has 0 saturated carbocycles. The van der Waals surface area contributed by atoms with Crippen molar-refractivity contribution in [3.8, 4) is 22.6 Å². The van der Waals surface area contributed by atoms with E-state index in [0.717, 1.165) is 27.1 Å². The summed E-state index contributed by atoms with van der Waals surface area (Å²) >= 11 is 3.32. The Hall–Kier alpha value is -2.86. The second-order valence-electron chi connectivity index (χ2n) is 5.49. The van der Waals surface area contributed by atoms with Gasteiger partial charge in [0.25, 0.3) is 5.91 Å². The van der Waals surface area contributed by atoms with Gasteiger partial charge in [-0.25, -0.2) is 0 Å². The lowest BCUT2D eigenvalue weighted by molar-refractivity contribution is 0.102. The average molecular weight is 413 g/mol. The number of aromatic nitrogens is 1. The van der Waals surface area contributed by atoms with Crippen LogP contribution < -0.4 is 14.8 Å². The number of carbonyl (C=O) groups excluding carboxylic acids is 1. The molecule has 26 heavy (non-hydrogen) atoms. The Labute approximate surface area is 160 Å². The molecule has 1 aromatic heterocycles. The van der Waals surface area contributed by atoms with E-state index in [1.54, 1.807) is 32.5 Å². The number of carbonyl (C=O) groups is 1. The van der Waals surface area contributed by atoms with E-state index in [4.69, 9.17) is 9.47 Å². The van der Waals surface area contributed by atoms with Gasteiger partial charge in [0.05, 0.1) is 19.8 Å². The molecule has 0 aliphatic heterocycles. The molecular formula is C20H17BrN2O3. The van der Waals surface area contributed by atoms with Gasteiger partial charge in [-0.1, -0.05) is 12.1 Å². The van der Waals surface area contributed by atoms with Gasteiger partial charge in [-0.3, -0.25) is 9.78 Å². The van der Waals surface area contributed by atoms with Crippen molar-refractivity contribution in [3.63, 3.8) is 0 Å². The maximum atomic E-state index is 12.4. The standard InChI is InChI=1S/C20H17BrN2O3/c1-25-17-6-3-13(4-7-17)18-10-16(5-8-19(18)26-2)23-20(24)14-9-15(21)12-22-11-14/h3-12H,1-2H3,(H,23,24). The highest BCUT2D eigenvalue weighted by Crippen LogP contribution is 2.33. The lowest BCUT2D eigenvalue weighted by atomic mass is 10.0. The summed E-state index contributed by atoms with van der Waals surface area (Å²) in [4.78, 5) is 16.4. The number of methoxy groups -OCH3 is 2. The Morgan fingerprint density at radius 2 is 1.77 bits per heavy atom. The summed E-state index contributed by atoms with van der Waals surface area (Å²) in [6, 6.07) is 14.9. The summed E-state index contributed by atoms with van der Waals surface area (Å²) in [5.41, 5.74) is 2.98. The first-order valence-corrected chi connectivity index (χ1v) is 8.64. The van der Waals surface area contributed by atoms with Crippen LogP contribution in [-0.4, -0.2) is 25.1 Å². The maximum absolute atomic E-state index is 12.4. The van der Waals surface area contributed by atoms with Crippen LogP contribution in [0.1, 0.15) is 10.4 Å². The summed E-state index contributed by atoms with van der Waals surface area (Å²) in [6.45, 7) is 0. The Morgan fingerprint density at radius 1 is 1.00 bits per heavy atom. The zero-order chi connectivity index (χ0) is 18.5. The van der Waals surface area contributed by atoms with E-state index in [1.165, 1.54) is 6.20 Å². The minimum absolute atomic E-state index is 0.232. The Morgan fingerprint density at radius 3 is 2.42 bits per heavy atom. The molecule has 0 spiro atoms. The smallest absolute Gasteiger partial charge is 0.257 e. The van der Waals surface area contributed by atoms with Crippen LogP contribution in [0.5, 0.6) is 11.5 Å². The minimum Gasteiger partial charge on any atom is -0.497 e. The van der Waals surface area contributed by atoms with Crippen LogP contribution in [0.25, 0.3) is 11.1 Å². The van der Waals surface area contributed by atoms with Gasteiger partial charge >= 0.3 is 0 Å². The fourth-order valence-corrected chi connectivity index (χ4v) is 2.89. The van der Waals surface area contributed by atoms with E-state index in [9.17, 15) is 4.79 Å². The van der Waals surface area contributed by atoms with Gasteiger partial charge in [0.15, 0.2) is 0 Å². The summed E-state index contributed by atoms with van der Waals surface area (Å²) in [5.74, 6) is 1.27. The van der Waals surface area contributed by atoms with E-state index in [-0.39, 0.29) is 5.91 Å². The monoisotopic (exact) mass is 412 g/mol. The van der Waals surface area contributed by atoms with E-state index < -0.39 is 0 Å². The van der Waals surface area contributed by atoms with Gasteiger partial charge in [0.1, 0.15) is 11.5 Å². The second-order valence-corrected chi connectivity index (χ2v) is 6.41. The van der Waals surface area contributed by atoms with Crippen LogP contribution >= 0.6 is 15.9 Å². The van der Waals surface area contributed by atoms with Crippen molar-refractivity contribution >= 4 is 27.5 Å². The first-order valence-electron chi connectivity index (χ1n) is 7.85. The van der Waals surface area contributed by atoms with Gasteiger partial charge in [-0.05, 0) is 57.9 Å². The number of hydrogen-bond donors (Lipinski definition) is 1. The summed E-state index contributed by atoms with van der Waals surface area (Å²) in [6.07, 6.45) is 3.15. The van der Waals surface area contributed by atoms with Crippen molar-refractivity contribution < 1.29 is 14.3 Å². The molecule has 0 unspecified atom stereocenters. The van der Waals surface area contributed by atoms with Gasteiger partial charge in [-0.2, -0.15) is 0 Å². The van der Waals surface area contributed by atoms with Gasteiger partial charge in [0.2, 0.25) is 0 Å². The molecule has 0 aliphatic rings. The molecular weight excluding hydrogens is 396 g/mol. The van der Waals surface area contributed by atoms with Crippen LogP contribution in [0.4, 0.5) is 5.69 Å². The number of nitrogens with one attached hydrogen (secondary N) is 1. The zero-order valence-electron chi connectivity index (χ0n) is 14.3. The fraction of sp³-hybridized carbons (Fsp3) is 0.100. The molecule has 0 atom stereocenters. The van der Waals surface area contributed by atoms with Crippen molar-refractivity contribution in [1.82, 2.24) is 4.98 Å². The van der Waals surface area contributed by atoms with Gasteiger partial charge < -0.3 is 14.8 Å². The molecule has 0 aliphatic carbocycles. The van der Waals surface area contributed by atoms with Crippen LogP contribution in [0.2, 0.25) is 0 Å². The van der Waals surface area contributed by atoms with Crippen LogP contribution in [0, 0.1) is 0 Å². The number of ether oxygens (including phenoxy) is 2. The largest absolute Gasteiger partial charge is 0.497 e. The van der Waals surface area contributed by atoms with Crippen molar-refractivity contribution in [1.29, 1.82) is 0 Å². The molecule has 3 aromatic rings. The second kappa shape index (κ2) is 8.01. The third-order valence-corrected chi connectivity index (χ3v) is 4.26. The predicted molar refractivity (Wildman–Crippen MR) is 105 cm³/mol. The summed E-state index contributed by atoms with van der Waals surface area (Å²) < 4.78 is 11.4. The third kappa shape index (κ3) is 4.03. The molecule has 6 heteroatoms. The lowest BCUT2D eigenvalue weighted by Gasteiger charge is -2.12. The highest BCUT2D eigenvalue weighted by atomic mass is 79.9. The number of rotatable bonds is 5. The van der Waals surface area contributed by atoms with Crippen molar-refractivity contribution in [2.45, 2.75) is 0 Å². The van der Waals surface area contributed by atoms with Crippen molar-refractivity contribution in [2.24, 2.45) is 0 Å². The first kappa shape index (κ1) is 17.9. The number of halogens is 1. The van der Waals surface area contributed by atoms with Gasteiger partial charge in [0, 0.05) is 28.1 Å². The molecule has 1 amide bonds. The molecule has 0 saturated heterocycles. The Bertz CT molecular complexity index is 927. The number of nitrogens with zero attached hydrogens (tertiary/aromatic N) is 1. The van der Waals surface area contributed by atoms with Gasteiger partial charge in [-0.15, -0.1) is 0 Å².